The fourth-order valence-electron chi connectivity index (χ4n) is 2.90. The lowest BCUT2D eigenvalue weighted by Crippen LogP contribution is -2.43. The van der Waals surface area contributed by atoms with E-state index in [1.807, 2.05) is 6.07 Å². The Morgan fingerprint density at radius 3 is 2.63 bits per heavy atom. The van der Waals surface area contributed by atoms with Crippen LogP contribution >= 0.6 is 0 Å². The predicted molar refractivity (Wildman–Crippen MR) is 78.0 cm³/mol. The third-order valence-corrected chi connectivity index (χ3v) is 4.57. The van der Waals surface area contributed by atoms with Crippen molar-refractivity contribution >= 4 is 0 Å². The molecule has 2 rings (SSSR count). The van der Waals surface area contributed by atoms with Gasteiger partial charge in [-0.2, -0.15) is 0 Å². The van der Waals surface area contributed by atoms with E-state index in [2.05, 4.69) is 31.3 Å². The molecule has 1 aliphatic rings. The second-order valence-corrected chi connectivity index (χ2v) is 5.88. The minimum atomic E-state index is 0.366. The van der Waals surface area contributed by atoms with Gasteiger partial charge in [0.2, 0.25) is 0 Å². The zero-order valence-electron chi connectivity index (χ0n) is 12.5. The van der Waals surface area contributed by atoms with Crippen LogP contribution in [0.25, 0.3) is 0 Å². The summed E-state index contributed by atoms with van der Waals surface area (Å²) in [6.45, 7) is 6.97. The van der Waals surface area contributed by atoms with Gasteiger partial charge in [-0.05, 0) is 55.0 Å². The Hall–Kier alpha value is -1.22. The Bertz CT molecular complexity index is 433. The molecule has 2 atom stereocenters. The molecule has 0 spiro atoms. The minimum absolute atomic E-state index is 0.366. The van der Waals surface area contributed by atoms with Gasteiger partial charge in [0.25, 0.3) is 0 Å². The molecule has 1 heterocycles. The lowest BCUT2D eigenvalue weighted by Gasteiger charge is -2.40. The van der Waals surface area contributed by atoms with Gasteiger partial charge in [0.1, 0.15) is 0 Å². The number of hydrogen-bond acceptors (Lipinski definition) is 3. The van der Waals surface area contributed by atoms with Gasteiger partial charge >= 0.3 is 0 Å². The smallest absolute Gasteiger partial charge is 0.160 e. The lowest BCUT2D eigenvalue weighted by molar-refractivity contribution is 0.144. The number of piperidine rings is 1. The first kappa shape index (κ1) is 14.2. The Labute approximate surface area is 116 Å². The molecule has 1 fully saturated rings. The average Bonchev–Trinajstić information content (AvgIpc) is 2.42. The van der Waals surface area contributed by atoms with Gasteiger partial charge in [-0.15, -0.1) is 0 Å². The summed E-state index contributed by atoms with van der Waals surface area (Å²) in [5.41, 5.74) is 1.69. The van der Waals surface area contributed by atoms with Gasteiger partial charge in [0, 0.05) is 0 Å². The SMILES string of the molecule is COc1ccc(CC2(C)CCNCC2C)cc1OC. The van der Waals surface area contributed by atoms with Crippen molar-refractivity contribution in [2.24, 2.45) is 11.3 Å². The van der Waals surface area contributed by atoms with Gasteiger partial charge in [-0.3, -0.25) is 0 Å². The quantitative estimate of drug-likeness (QED) is 0.906. The van der Waals surface area contributed by atoms with Crippen molar-refractivity contribution in [3.05, 3.63) is 23.8 Å². The summed E-state index contributed by atoms with van der Waals surface area (Å²) in [5.74, 6) is 2.31. The molecule has 3 nitrogen and oxygen atoms in total. The van der Waals surface area contributed by atoms with Crippen molar-refractivity contribution < 1.29 is 9.47 Å². The average molecular weight is 263 g/mol. The van der Waals surface area contributed by atoms with Gasteiger partial charge in [0.15, 0.2) is 11.5 Å². The number of methoxy groups -OCH3 is 2. The van der Waals surface area contributed by atoms with E-state index in [0.717, 1.165) is 31.0 Å². The van der Waals surface area contributed by atoms with Crippen molar-refractivity contribution in [2.75, 3.05) is 27.3 Å². The number of ether oxygens (including phenoxy) is 2. The highest BCUT2D eigenvalue weighted by Gasteiger charge is 2.33. The van der Waals surface area contributed by atoms with Gasteiger partial charge in [0.05, 0.1) is 14.2 Å². The van der Waals surface area contributed by atoms with E-state index in [1.54, 1.807) is 14.2 Å². The summed E-state index contributed by atoms with van der Waals surface area (Å²) in [7, 11) is 3.37. The van der Waals surface area contributed by atoms with E-state index in [0.29, 0.717) is 11.3 Å². The molecule has 3 heteroatoms. The molecule has 106 valence electrons. The first-order chi connectivity index (χ1) is 9.09. The number of nitrogens with one attached hydrogen (secondary N) is 1. The van der Waals surface area contributed by atoms with Crippen LogP contribution in [-0.2, 0) is 6.42 Å². The summed E-state index contributed by atoms with van der Waals surface area (Å²) in [6, 6.07) is 6.27. The van der Waals surface area contributed by atoms with Crippen LogP contribution in [0.15, 0.2) is 18.2 Å². The Balaban J connectivity index is 2.18. The van der Waals surface area contributed by atoms with Crippen molar-refractivity contribution in [2.45, 2.75) is 26.7 Å². The monoisotopic (exact) mass is 263 g/mol. The zero-order chi connectivity index (χ0) is 13.9. The van der Waals surface area contributed by atoms with E-state index in [9.17, 15) is 0 Å². The summed E-state index contributed by atoms with van der Waals surface area (Å²) in [4.78, 5) is 0. The molecule has 1 aromatic rings. The van der Waals surface area contributed by atoms with Gasteiger partial charge in [-0.1, -0.05) is 19.9 Å². The third kappa shape index (κ3) is 3.03. The van der Waals surface area contributed by atoms with Gasteiger partial charge < -0.3 is 14.8 Å². The van der Waals surface area contributed by atoms with Gasteiger partial charge in [-0.25, -0.2) is 0 Å². The molecule has 1 aromatic carbocycles. The van der Waals surface area contributed by atoms with Crippen LogP contribution in [0.4, 0.5) is 0 Å². The van der Waals surface area contributed by atoms with Crippen LogP contribution in [0.2, 0.25) is 0 Å². The van der Waals surface area contributed by atoms with Crippen molar-refractivity contribution in [3.63, 3.8) is 0 Å². The van der Waals surface area contributed by atoms with Crippen LogP contribution in [-0.4, -0.2) is 27.3 Å². The molecule has 0 bridgehead atoms. The zero-order valence-corrected chi connectivity index (χ0v) is 12.5. The topological polar surface area (TPSA) is 30.5 Å². The molecular formula is C16H25NO2. The van der Waals surface area contributed by atoms with Crippen LogP contribution in [0.1, 0.15) is 25.8 Å². The molecule has 0 saturated carbocycles. The minimum Gasteiger partial charge on any atom is -0.493 e. The fraction of sp³-hybridized carbons (Fsp3) is 0.625. The molecule has 0 aromatic heterocycles. The highest BCUT2D eigenvalue weighted by molar-refractivity contribution is 5.43. The fourth-order valence-corrected chi connectivity index (χ4v) is 2.90. The van der Waals surface area contributed by atoms with Crippen molar-refractivity contribution in [1.29, 1.82) is 0 Å². The lowest BCUT2D eigenvalue weighted by atomic mass is 9.69. The van der Waals surface area contributed by atoms with Crippen molar-refractivity contribution in [3.8, 4) is 11.5 Å². The van der Waals surface area contributed by atoms with Crippen LogP contribution in [0.5, 0.6) is 11.5 Å². The molecule has 0 aliphatic carbocycles. The maximum Gasteiger partial charge on any atom is 0.160 e. The second kappa shape index (κ2) is 5.83. The Morgan fingerprint density at radius 2 is 2.00 bits per heavy atom. The van der Waals surface area contributed by atoms with E-state index in [-0.39, 0.29) is 0 Å². The largest absolute Gasteiger partial charge is 0.493 e. The molecule has 0 amide bonds. The number of hydrogen-bond donors (Lipinski definition) is 1. The maximum atomic E-state index is 5.39. The number of benzene rings is 1. The first-order valence-electron chi connectivity index (χ1n) is 7.00. The molecule has 2 unspecified atom stereocenters. The standard InChI is InChI=1S/C16H25NO2/c1-12-11-17-8-7-16(12,2)10-13-5-6-14(18-3)15(9-13)19-4/h5-6,9,12,17H,7-8,10-11H2,1-4H3. The molecule has 1 aliphatic heterocycles. The van der Waals surface area contributed by atoms with E-state index in [1.165, 1.54) is 12.0 Å². The normalized spacial score (nSPS) is 27.1. The number of rotatable bonds is 4. The highest BCUT2D eigenvalue weighted by Crippen LogP contribution is 2.38. The molecule has 1 saturated heterocycles. The molecular weight excluding hydrogens is 238 g/mol. The molecule has 1 N–H and O–H groups in total. The molecule has 0 radical (unpaired) electrons. The van der Waals surface area contributed by atoms with Crippen LogP contribution in [0, 0.1) is 11.3 Å². The van der Waals surface area contributed by atoms with E-state index >= 15 is 0 Å². The maximum absolute atomic E-state index is 5.39. The Kier molecular flexibility index (Phi) is 4.35. The molecule has 19 heavy (non-hydrogen) atoms. The Morgan fingerprint density at radius 1 is 1.26 bits per heavy atom. The predicted octanol–water partition coefficient (Wildman–Crippen LogP) is 2.88. The van der Waals surface area contributed by atoms with Crippen LogP contribution < -0.4 is 14.8 Å². The summed E-state index contributed by atoms with van der Waals surface area (Å²) in [6.07, 6.45) is 2.32. The summed E-state index contributed by atoms with van der Waals surface area (Å²) < 4.78 is 10.7. The van der Waals surface area contributed by atoms with Crippen molar-refractivity contribution in [1.82, 2.24) is 5.32 Å². The second-order valence-electron chi connectivity index (χ2n) is 5.88. The van der Waals surface area contributed by atoms with Crippen LogP contribution in [0.3, 0.4) is 0 Å². The first-order valence-corrected chi connectivity index (χ1v) is 7.00. The summed E-state index contributed by atoms with van der Waals surface area (Å²) >= 11 is 0. The van der Waals surface area contributed by atoms with E-state index in [4.69, 9.17) is 9.47 Å². The van der Waals surface area contributed by atoms with E-state index < -0.39 is 0 Å². The highest BCUT2D eigenvalue weighted by atomic mass is 16.5. The summed E-state index contributed by atoms with van der Waals surface area (Å²) in [5, 5.41) is 3.47. The third-order valence-electron chi connectivity index (χ3n) is 4.57.